The van der Waals surface area contributed by atoms with E-state index in [9.17, 15) is 9.90 Å². The number of hydrogen-bond acceptors (Lipinski definition) is 3. The van der Waals surface area contributed by atoms with Crippen LogP contribution < -0.4 is 5.32 Å². The summed E-state index contributed by atoms with van der Waals surface area (Å²) in [5, 5.41) is 12.6. The van der Waals surface area contributed by atoms with Gasteiger partial charge in [-0.05, 0) is 39.0 Å². The van der Waals surface area contributed by atoms with E-state index in [4.69, 9.17) is 4.74 Å². The van der Waals surface area contributed by atoms with E-state index in [1.165, 1.54) is 0 Å². The van der Waals surface area contributed by atoms with E-state index in [2.05, 4.69) is 12.2 Å². The van der Waals surface area contributed by atoms with E-state index in [0.29, 0.717) is 13.1 Å². The first-order chi connectivity index (χ1) is 9.08. The molecule has 2 unspecified atom stereocenters. The van der Waals surface area contributed by atoms with Crippen molar-refractivity contribution >= 4 is 6.03 Å². The molecule has 1 aliphatic carbocycles. The maximum atomic E-state index is 12.3. The molecule has 2 rings (SSSR count). The Morgan fingerprint density at radius 1 is 1.32 bits per heavy atom. The summed E-state index contributed by atoms with van der Waals surface area (Å²) in [5.74, 6) is 0. The molecule has 0 aromatic rings. The largest absolute Gasteiger partial charge is 0.393 e. The molecule has 2 amide bonds. The van der Waals surface area contributed by atoms with Crippen LogP contribution in [-0.2, 0) is 4.74 Å². The van der Waals surface area contributed by atoms with Crippen molar-refractivity contribution in [2.45, 2.75) is 70.3 Å². The molecule has 0 radical (unpaired) electrons. The highest BCUT2D eigenvalue weighted by molar-refractivity contribution is 5.74. The Balaban J connectivity index is 1.82. The van der Waals surface area contributed by atoms with Gasteiger partial charge in [-0.3, -0.25) is 0 Å². The van der Waals surface area contributed by atoms with Gasteiger partial charge in [0.05, 0.1) is 18.3 Å². The average molecular weight is 270 g/mol. The highest BCUT2D eigenvalue weighted by atomic mass is 16.5. The van der Waals surface area contributed by atoms with Gasteiger partial charge >= 0.3 is 6.03 Å². The van der Waals surface area contributed by atoms with Gasteiger partial charge in [0.25, 0.3) is 0 Å². The fourth-order valence-electron chi connectivity index (χ4n) is 2.92. The molecule has 5 heteroatoms. The van der Waals surface area contributed by atoms with Crippen molar-refractivity contribution < 1.29 is 14.6 Å². The predicted octanol–water partition coefficient (Wildman–Crippen LogP) is 1.50. The van der Waals surface area contributed by atoms with E-state index >= 15 is 0 Å². The molecule has 2 fully saturated rings. The maximum absolute atomic E-state index is 12.3. The molecule has 0 bridgehead atoms. The van der Waals surface area contributed by atoms with Gasteiger partial charge in [-0.2, -0.15) is 0 Å². The zero-order chi connectivity index (χ0) is 13.8. The van der Waals surface area contributed by atoms with Gasteiger partial charge < -0.3 is 20.1 Å². The summed E-state index contributed by atoms with van der Waals surface area (Å²) in [6.07, 6.45) is 4.36. The zero-order valence-electron chi connectivity index (χ0n) is 12.0. The van der Waals surface area contributed by atoms with Crippen LogP contribution in [0.4, 0.5) is 4.79 Å². The minimum absolute atomic E-state index is 0.0231. The standard InChI is InChI=1S/C14H26N2O3/c1-3-13-9-16(8-10(2)19-13)14(18)15-11-4-6-12(17)7-5-11/h10-13,17H,3-9H2,1-2H3,(H,15,18). The molecule has 1 aliphatic heterocycles. The number of morpholine rings is 1. The molecular weight excluding hydrogens is 244 g/mol. The Morgan fingerprint density at radius 3 is 2.63 bits per heavy atom. The van der Waals surface area contributed by atoms with E-state index < -0.39 is 0 Å². The minimum atomic E-state index is -0.180. The molecular formula is C14H26N2O3. The lowest BCUT2D eigenvalue weighted by Crippen LogP contribution is -2.54. The number of urea groups is 1. The second-order valence-electron chi connectivity index (χ2n) is 5.84. The van der Waals surface area contributed by atoms with Crippen LogP contribution in [0.5, 0.6) is 0 Å². The van der Waals surface area contributed by atoms with Gasteiger partial charge in [-0.1, -0.05) is 6.92 Å². The lowest BCUT2D eigenvalue weighted by molar-refractivity contribution is -0.0649. The van der Waals surface area contributed by atoms with Crippen LogP contribution >= 0.6 is 0 Å². The van der Waals surface area contributed by atoms with Crippen molar-refractivity contribution in [1.82, 2.24) is 10.2 Å². The van der Waals surface area contributed by atoms with Crippen molar-refractivity contribution in [2.24, 2.45) is 0 Å². The molecule has 0 aromatic carbocycles. The maximum Gasteiger partial charge on any atom is 0.317 e. The van der Waals surface area contributed by atoms with Gasteiger partial charge in [0, 0.05) is 19.1 Å². The van der Waals surface area contributed by atoms with E-state index in [-0.39, 0.29) is 30.4 Å². The highest BCUT2D eigenvalue weighted by Gasteiger charge is 2.29. The van der Waals surface area contributed by atoms with Crippen molar-refractivity contribution in [2.75, 3.05) is 13.1 Å². The summed E-state index contributed by atoms with van der Waals surface area (Å²) in [6.45, 7) is 5.44. The second kappa shape index (κ2) is 6.57. The van der Waals surface area contributed by atoms with Gasteiger partial charge in [-0.25, -0.2) is 4.79 Å². The van der Waals surface area contributed by atoms with Gasteiger partial charge in [0.15, 0.2) is 0 Å². The fraction of sp³-hybridized carbons (Fsp3) is 0.929. The number of aliphatic hydroxyl groups is 1. The molecule has 2 atom stereocenters. The number of aliphatic hydroxyl groups excluding tert-OH is 1. The molecule has 5 nitrogen and oxygen atoms in total. The molecule has 1 heterocycles. The van der Waals surface area contributed by atoms with Gasteiger partial charge in [-0.15, -0.1) is 0 Å². The SMILES string of the molecule is CCC1CN(C(=O)NC2CCC(O)CC2)CC(C)O1. The van der Waals surface area contributed by atoms with E-state index in [1.807, 2.05) is 11.8 Å². The third-order valence-electron chi connectivity index (χ3n) is 4.09. The Labute approximate surface area is 115 Å². The van der Waals surface area contributed by atoms with Crippen LogP contribution in [0.3, 0.4) is 0 Å². The molecule has 0 spiro atoms. The number of amides is 2. The molecule has 1 saturated carbocycles. The van der Waals surface area contributed by atoms with Gasteiger partial charge in [0.2, 0.25) is 0 Å². The molecule has 2 aliphatic rings. The van der Waals surface area contributed by atoms with Crippen LogP contribution in [-0.4, -0.2) is 53.5 Å². The average Bonchev–Trinajstić information content (AvgIpc) is 2.40. The van der Waals surface area contributed by atoms with Crippen LogP contribution in [0.15, 0.2) is 0 Å². The van der Waals surface area contributed by atoms with Crippen LogP contribution in [0.25, 0.3) is 0 Å². The lowest BCUT2D eigenvalue weighted by Gasteiger charge is -2.37. The number of nitrogens with zero attached hydrogens (tertiary/aromatic N) is 1. The number of carbonyl (C=O) groups excluding carboxylic acids is 1. The number of ether oxygens (including phenoxy) is 1. The normalized spacial score (nSPS) is 36.1. The van der Waals surface area contributed by atoms with Crippen molar-refractivity contribution in [3.63, 3.8) is 0 Å². The first-order valence-corrected chi connectivity index (χ1v) is 7.47. The highest BCUT2D eigenvalue weighted by Crippen LogP contribution is 2.19. The number of carbonyl (C=O) groups is 1. The van der Waals surface area contributed by atoms with E-state index in [0.717, 1.165) is 32.1 Å². The van der Waals surface area contributed by atoms with Crippen molar-refractivity contribution in [3.8, 4) is 0 Å². The smallest absolute Gasteiger partial charge is 0.317 e. The first-order valence-electron chi connectivity index (χ1n) is 7.47. The van der Waals surface area contributed by atoms with Crippen LogP contribution in [0.2, 0.25) is 0 Å². The summed E-state index contributed by atoms with van der Waals surface area (Å²) < 4.78 is 5.77. The summed E-state index contributed by atoms with van der Waals surface area (Å²) >= 11 is 0. The van der Waals surface area contributed by atoms with Gasteiger partial charge in [0.1, 0.15) is 0 Å². The third-order valence-corrected chi connectivity index (χ3v) is 4.09. The lowest BCUT2D eigenvalue weighted by atomic mass is 9.93. The Morgan fingerprint density at radius 2 is 2.00 bits per heavy atom. The summed E-state index contributed by atoms with van der Waals surface area (Å²) in [7, 11) is 0. The number of hydrogen-bond donors (Lipinski definition) is 2. The molecule has 2 N–H and O–H groups in total. The topological polar surface area (TPSA) is 61.8 Å². The van der Waals surface area contributed by atoms with E-state index in [1.54, 1.807) is 0 Å². The fourth-order valence-corrected chi connectivity index (χ4v) is 2.92. The van der Waals surface area contributed by atoms with Crippen LogP contribution in [0, 0.1) is 0 Å². The third kappa shape index (κ3) is 4.08. The zero-order valence-corrected chi connectivity index (χ0v) is 12.0. The Bertz CT molecular complexity index is 303. The molecule has 110 valence electrons. The molecule has 19 heavy (non-hydrogen) atoms. The summed E-state index contributed by atoms with van der Waals surface area (Å²) in [4.78, 5) is 14.1. The first kappa shape index (κ1) is 14.6. The van der Waals surface area contributed by atoms with Crippen molar-refractivity contribution in [3.05, 3.63) is 0 Å². The molecule has 0 aromatic heterocycles. The minimum Gasteiger partial charge on any atom is -0.393 e. The second-order valence-corrected chi connectivity index (χ2v) is 5.84. The number of nitrogens with one attached hydrogen (secondary N) is 1. The molecule has 1 saturated heterocycles. The summed E-state index contributed by atoms with van der Waals surface area (Å²) in [5.41, 5.74) is 0. The predicted molar refractivity (Wildman–Crippen MR) is 73.0 cm³/mol. The monoisotopic (exact) mass is 270 g/mol. The van der Waals surface area contributed by atoms with Crippen LogP contribution in [0.1, 0.15) is 46.0 Å². The van der Waals surface area contributed by atoms with Crippen molar-refractivity contribution in [1.29, 1.82) is 0 Å². The Kier molecular flexibility index (Phi) is 5.05. The number of rotatable bonds is 2. The Hall–Kier alpha value is -0.810. The quantitative estimate of drug-likeness (QED) is 0.799. The summed E-state index contributed by atoms with van der Waals surface area (Å²) in [6, 6.07) is 0.240.